The fourth-order valence-corrected chi connectivity index (χ4v) is 3.46. The highest BCUT2D eigenvalue weighted by Gasteiger charge is 2.27. The number of piperazine rings is 1. The van der Waals surface area contributed by atoms with E-state index in [1.165, 1.54) is 24.3 Å². The fourth-order valence-electron chi connectivity index (χ4n) is 3.46. The van der Waals surface area contributed by atoms with E-state index in [4.69, 9.17) is 5.73 Å². The molecule has 148 valence electrons. The normalized spacial score (nSPS) is 15.5. The summed E-state index contributed by atoms with van der Waals surface area (Å²) in [7, 11) is 0. The van der Waals surface area contributed by atoms with Crippen molar-refractivity contribution in [2.24, 2.45) is 5.73 Å². The van der Waals surface area contributed by atoms with Gasteiger partial charge in [-0.1, -0.05) is 24.3 Å². The molecule has 0 aliphatic carbocycles. The van der Waals surface area contributed by atoms with Gasteiger partial charge in [0, 0.05) is 26.2 Å². The Morgan fingerprint density at radius 3 is 1.79 bits per heavy atom. The summed E-state index contributed by atoms with van der Waals surface area (Å²) in [4.78, 5) is 26.6. The second-order valence-electron chi connectivity index (χ2n) is 6.73. The molecule has 0 atom stereocenters. The van der Waals surface area contributed by atoms with Gasteiger partial charge in [0.15, 0.2) is 0 Å². The average Bonchev–Trinajstić information content (AvgIpc) is 2.66. The van der Waals surface area contributed by atoms with Gasteiger partial charge in [-0.15, -0.1) is 0 Å². The molecule has 2 aromatic carbocycles. The van der Waals surface area contributed by atoms with Crippen LogP contribution in [0.4, 0.5) is 13.6 Å². The van der Waals surface area contributed by atoms with E-state index in [0.29, 0.717) is 26.2 Å². The molecule has 1 saturated heterocycles. The second-order valence-corrected chi connectivity index (χ2v) is 6.73. The molecule has 0 spiro atoms. The van der Waals surface area contributed by atoms with Crippen molar-refractivity contribution in [2.75, 3.05) is 32.7 Å². The van der Waals surface area contributed by atoms with Crippen molar-refractivity contribution < 1.29 is 18.4 Å². The number of urea groups is 1. The first-order valence-corrected chi connectivity index (χ1v) is 8.99. The van der Waals surface area contributed by atoms with Crippen molar-refractivity contribution in [1.82, 2.24) is 15.1 Å². The van der Waals surface area contributed by atoms with Gasteiger partial charge in [0.05, 0.1) is 12.6 Å². The van der Waals surface area contributed by atoms with Gasteiger partial charge in [0.2, 0.25) is 5.91 Å². The molecule has 0 bridgehead atoms. The molecular weight excluding hydrogens is 366 g/mol. The number of hydrogen-bond donors (Lipinski definition) is 2. The van der Waals surface area contributed by atoms with E-state index in [1.54, 1.807) is 24.3 Å². The van der Waals surface area contributed by atoms with E-state index < -0.39 is 11.9 Å². The Labute approximate surface area is 161 Å². The first-order chi connectivity index (χ1) is 13.4. The number of halogens is 2. The molecule has 1 aliphatic heterocycles. The van der Waals surface area contributed by atoms with Gasteiger partial charge >= 0.3 is 6.03 Å². The van der Waals surface area contributed by atoms with Gasteiger partial charge in [-0.05, 0) is 35.4 Å². The molecule has 3 amide bonds. The summed E-state index contributed by atoms with van der Waals surface area (Å²) in [5.74, 6) is -1.06. The minimum Gasteiger partial charge on any atom is -0.351 e. The van der Waals surface area contributed by atoms with Crippen molar-refractivity contribution in [3.05, 3.63) is 71.3 Å². The molecule has 0 unspecified atom stereocenters. The summed E-state index contributed by atoms with van der Waals surface area (Å²) in [5, 5.41) is 2.06. The predicted molar refractivity (Wildman–Crippen MR) is 100 cm³/mol. The lowest BCUT2D eigenvalue weighted by atomic mass is 9.96. The Kier molecular flexibility index (Phi) is 6.33. The maximum atomic E-state index is 13.4. The van der Waals surface area contributed by atoms with Gasteiger partial charge < -0.3 is 5.73 Å². The molecule has 1 fully saturated rings. The lowest BCUT2D eigenvalue weighted by Gasteiger charge is -2.39. The number of benzene rings is 2. The van der Waals surface area contributed by atoms with Crippen LogP contribution in [0.1, 0.15) is 17.2 Å². The highest BCUT2D eigenvalue weighted by atomic mass is 19.1. The Balaban J connectivity index is 1.73. The van der Waals surface area contributed by atoms with E-state index in [2.05, 4.69) is 10.2 Å². The Morgan fingerprint density at radius 1 is 0.893 bits per heavy atom. The lowest BCUT2D eigenvalue weighted by molar-refractivity contribution is -0.121. The third kappa shape index (κ3) is 5.11. The molecule has 6 nitrogen and oxygen atoms in total. The van der Waals surface area contributed by atoms with E-state index in [-0.39, 0.29) is 24.2 Å². The number of nitrogens with one attached hydrogen (secondary N) is 1. The van der Waals surface area contributed by atoms with Crippen LogP contribution in [0.3, 0.4) is 0 Å². The smallest absolute Gasteiger partial charge is 0.318 e. The van der Waals surface area contributed by atoms with Crippen molar-refractivity contribution in [3.8, 4) is 0 Å². The molecule has 3 rings (SSSR count). The Hall–Kier alpha value is -2.84. The summed E-state index contributed by atoms with van der Waals surface area (Å²) in [6.07, 6.45) is 0. The minimum absolute atomic E-state index is 0.0918. The zero-order valence-corrected chi connectivity index (χ0v) is 15.3. The van der Waals surface area contributed by atoms with Crippen LogP contribution in [-0.4, -0.2) is 54.5 Å². The second kappa shape index (κ2) is 8.90. The van der Waals surface area contributed by atoms with Gasteiger partial charge in [0.25, 0.3) is 0 Å². The van der Waals surface area contributed by atoms with E-state index in [9.17, 15) is 18.4 Å². The van der Waals surface area contributed by atoms with Crippen LogP contribution in [0.25, 0.3) is 0 Å². The summed E-state index contributed by atoms with van der Waals surface area (Å²) >= 11 is 0. The molecule has 0 saturated carbocycles. The number of carbonyl (C=O) groups excluding carboxylic acids is 2. The minimum atomic E-state index is -0.865. The fraction of sp³-hybridized carbons (Fsp3) is 0.300. The predicted octanol–water partition coefficient (Wildman–Crippen LogP) is 1.87. The van der Waals surface area contributed by atoms with Crippen molar-refractivity contribution >= 4 is 11.9 Å². The topological polar surface area (TPSA) is 78.7 Å². The van der Waals surface area contributed by atoms with Crippen LogP contribution >= 0.6 is 0 Å². The monoisotopic (exact) mass is 388 g/mol. The van der Waals surface area contributed by atoms with Crippen LogP contribution < -0.4 is 11.1 Å². The zero-order valence-electron chi connectivity index (χ0n) is 15.3. The summed E-state index contributed by atoms with van der Waals surface area (Å²) < 4.78 is 26.7. The maximum Gasteiger partial charge on any atom is 0.318 e. The van der Waals surface area contributed by atoms with Crippen LogP contribution in [-0.2, 0) is 4.79 Å². The highest BCUT2D eigenvalue weighted by Crippen LogP contribution is 2.30. The van der Waals surface area contributed by atoms with Gasteiger partial charge in [-0.2, -0.15) is 0 Å². The number of rotatable bonds is 5. The van der Waals surface area contributed by atoms with Gasteiger partial charge in [0.1, 0.15) is 11.6 Å². The standard InChI is InChI=1S/C20H22F2N4O2/c21-16-5-1-14(2-6-16)19(15-3-7-17(22)8-4-15)26-11-9-25(10-12-26)13-18(27)24-20(23)28/h1-8,19H,9-13H2,(H3,23,24,27,28). The number of nitrogens with zero attached hydrogens (tertiary/aromatic N) is 2. The van der Waals surface area contributed by atoms with Crippen LogP contribution in [0.15, 0.2) is 48.5 Å². The third-order valence-electron chi connectivity index (χ3n) is 4.77. The van der Waals surface area contributed by atoms with Gasteiger partial charge in [-0.3, -0.25) is 19.9 Å². The summed E-state index contributed by atoms with van der Waals surface area (Å²) in [5.41, 5.74) is 6.78. The SMILES string of the molecule is NC(=O)NC(=O)CN1CCN(C(c2ccc(F)cc2)c2ccc(F)cc2)CC1. The largest absolute Gasteiger partial charge is 0.351 e. The molecular formula is C20H22F2N4O2. The molecule has 28 heavy (non-hydrogen) atoms. The molecule has 2 aromatic rings. The number of hydrogen-bond acceptors (Lipinski definition) is 4. The number of amides is 3. The third-order valence-corrected chi connectivity index (χ3v) is 4.77. The van der Waals surface area contributed by atoms with E-state index in [1.807, 2.05) is 4.90 Å². The number of carbonyl (C=O) groups is 2. The number of nitrogens with two attached hydrogens (primary N) is 1. The van der Waals surface area contributed by atoms with Crippen molar-refractivity contribution in [2.45, 2.75) is 6.04 Å². The maximum absolute atomic E-state index is 13.4. The first-order valence-electron chi connectivity index (χ1n) is 8.99. The molecule has 8 heteroatoms. The number of imide groups is 1. The van der Waals surface area contributed by atoms with E-state index in [0.717, 1.165) is 11.1 Å². The lowest BCUT2D eigenvalue weighted by Crippen LogP contribution is -2.51. The van der Waals surface area contributed by atoms with Gasteiger partial charge in [-0.25, -0.2) is 13.6 Å². The Morgan fingerprint density at radius 2 is 1.36 bits per heavy atom. The zero-order chi connectivity index (χ0) is 20.1. The summed E-state index contributed by atoms with van der Waals surface area (Å²) in [6, 6.07) is 11.6. The summed E-state index contributed by atoms with van der Waals surface area (Å²) in [6.45, 7) is 2.64. The van der Waals surface area contributed by atoms with Crippen LogP contribution in [0.5, 0.6) is 0 Å². The van der Waals surface area contributed by atoms with Crippen molar-refractivity contribution in [3.63, 3.8) is 0 Å². The first kappa shape index (κ1) is 19.9. The average molecular weight is 388 g/mol. The molecule has 0 aromatic heterocycles. The molecule has 3 N–H and O–H groups in total. The Bertz CT molecular complexity index is 774. The van der Waals surface area contributed by atoms with Crippen molar-refractivity contribution in [1.29, 1.82) is 0 Å². The van der Waals surface area contributed by atoms with Crippen LogP contribution in [0.2, 0.25) is 0 Å². The number of primary amides is 1. The molecule has 1 heterocycles. The highest BCUT2D eigenvalue weighted by molar-refractivity contribution is 5.94. The quantitative estimate of drug-likeness (QED) is 0.820. The van der Waals surface area contributed by atoms with E-state index >= 15 is 0 Å². The van der Waals surface area contributed by atoms with Crippen LogP contribution in [0, 0.1) is 11.6 Å². The molecule has 1 aliphatic rings. The molecule has 0 radical (unpaired) electrons.